The van der Waals surface area contributed by atoms with Gasteiger partial charge in [-0.05, 0) is 37.8 Å². The first-order valence-electron chi connectivity index (χ1n) is 7.48. The first kappa shape index (κ1) is 16.0. The van der Waals surface area contributed by atoms with Gasteiger partial charge in [-0.15, -0.1) is 0 Å². The molecule has 1 aliphatic rings. The number of ether oxygens (including phenoxy) is 1. The molecule has 1 aliphatic carbocycles. The predicted molar refractivity (Wildman–Crippen MR) is 86.2 cm³/mol. The van der Waals surface area contributed by atoms with Crippen molar-refractivity contribution in [3.05, 3.63) is 72.0 Å². The first-order chi connectivity index (χ1) is 10.7. The highest BCUT2D eigenvalue weighted by Crippen LogP contribution is 2.27. The van der Waals surface area contributed by atoms with Gasteiger partial charge in [-0.2, -0.15) is 0 Å². The van der Waals surface area contributed by atoms with Crippen LogP contribution >= 0.6 is 0 Å². The molecule has 0 bridgehead atoms. The number of Topliss-reactive ketones (excluding diaryl/α,β-unsaturated/α-hetero) is 1. The van der Waals surface area contributed by atoms with Crippen LogP contribution in [-0.4, -0.2) is 11.8 Å². The molecule has 0 aromatic heterocycles. The van der Waals surface area contributed by atoms with Crippen molar-refractivity contribution in [2.75, 3.05) is 0 Å². The monoisotopic (exact) mass is 296 g/mol. The third-order valence-electron chi connectivity index (χ3n) is 3.59. The standard InChI is InChI=1S/C19H20O3/c1-2-3-5-8-15-11-12-18(20)17(13-15)14-22-19(21)16-9-6-4-7-10-16/h2-10,14-15H,11-13H2,1H3/b3-2-,8-5+,17-14+. The van der Waals surface area contributed by atoms with Crippen LogP contribution in [0.5, 0.6) is 0 Å². The molecule has 0 aliphatic heterocycles. The number of rotatable bonds is 4. The van der Waals surface area contributed by atoms with Crippen molar-refractivity contribution >= 4 is 11.8 Å². The molecule has 22 heavy (non-hydrogen) atoms. The molecule has 0 amide bonds. The highest BCUT2D eigenvalue weighted by Gasteiger charge is 2.22. The zero-order valence-electron chi connectivity index (χ0n) is 12.7. The summed E-state index contributed by atoms with van der Waals surface area (Å²) in [5.41, 5.74) is 1.07. The van der Waals surface area contributed by atoms with E-state index in [1.165, 1.54) is 6.26 Å². The van der Waals surface area contributed by atoms with Gasteiger partial charge in [0.25, 0.3) is 0 Å². The Morgan fingerprint density at radius 3 is 2.73 bits per heavy atom. The van der Waals surface area contributed by atoms with Crippen molar-refractivity contribution in [3.8, 4) is 0 Å². The van der Waals surface area contributed by atoms with E-state index in [9.17, 15) is 9.59 Å². The first-order valence-corrected chi connectivity index (χ1v) is 7.48. The highest BCUT2D eigenvalue weighted by molar-refractivity contribution is 5.96. The van der Waals surface area contributed by atoms with Gasteiger partial charge in [0.1, 0.15) is 6.26 Å². The van der Waals surface area contributed by atoms with E-state index in [1.54, 1.807) is 24.3 Å². The van der Waals surface area contributed by atoms with Crippen molar-refractivity contribution in [3.63, 3.8) is 0 Å². The van der Waals surface area contributed by atoms with Crippen LogP contribution in [-0.2, 0) is 9.53 Å². The summed E-state index contributed by atoms with van der Waals surface area (Å²) < 4.78 is 5.15. The summed E-state index contributed by atoms with van der Waals surface area (Å²) in [6.45, 7) is 1.96. The fourth-order valence-electron chi connectivity index (χ4n) is 2.35. The summed E-state index contributed by atoms with van der Waals surface area (Å²) in [6, 6.07) is 8.76. The Morgan fingerprint density at radius 2 is 2.00 bits per heavy atom. The average molecular weight is 296 g/mol. The predicted octanol–water partition coefficient (Wildman–Crippen LogP) is 4.23. The van der Waals surface area contributed by atoms with Crippen LogP contribution < -0.4 is 0 Å². The van der Waals surface area contributed by atoms with Crippen molar-refractivity contribution in [2.24, 2.45) is 5.92 Å². The topological polar surface area (TPSA) is 43.4 Å². The minimum absolute atomic E-state index is 0.0662. The smallest absolute Gasteiger partial charge is 0.342 e. The van der Waals surface area contributed by atoms with E-state index >= 15 is 0 Å². The van der Waals surface area contributed by atoms with Gasteiger partial charge in [-0.1, -0.05) is 42.5 Å². The Labute approximate surface area is 131 Å². The molecule has 3 nitrogen and oxygen atoms in total. The molecule has 2 rings (SSSR count). The second-order valence-corrected chi connectivity index (χ2v) is 5.25. The van der Waals surface area contributed by atoms with E-state index in [-0.39, 0.29) is 5.78 Å². The molecule has 1 aromatic carbocycles. The normalized spacial score (nSPS) is 20.9. The van der Waals surface area contributed by atoms with Gasteiger partial charge in [0, 0.05) is 12.0 Å². The van der Waals surface area contributed by atoms with E-state index in [1.807, 2.05) is 31.2 Å². The van der Waals surface area contributed by atoms with Crippen LogP contribution in [0.4, 0.5) is 0 Å². The lowest BCUT2D eigenvalue weighted by molar-refractivity contribution is -0.116. The van der Waals surface area contributed by atoms with Crippen molar-refractivity contribution in [2.45, 2.75) is 26.2 Å². The van der Waals surface area contributed by atoms with Crippen LogP contribution in [0.1, 0.15) is 36.5 Å². The molecule has 1 atom stereocenters. The molecule has 1 saturated carbocycles. The second kappa shape index (κ2) is 8.13. The minimum atomic E-state index is -0.438. The third kappa shape index (κ3) is 4.55. The van der Waals surface area contributed by atoms with Crippen LogP contribution in [0.3, 0.4) is 0 Å². The van der Waals surface area contributed by atoms with Crippen LogP contribution in [0, 0.1) is 5.92 Å². The van der Waals surface area contributed by atoms with Gasteiger partial charge in [0.15, 0.2) is 5.78 Å². The lowest BCUT2D eigenvalue weighted by Crippen LogP contribution is -2.16. The number of hydrogen-bond acceptors (Lipinski definition) is 3. The van der Waals surface area contributed by atoms with E-state index in [0.29, 0.717) is 29.9 Å². The summed E-state index contributed by atoms with van der Waals surface area (Å²) in [5.74, 6) is -0.0559. The van der Waals surface area contributed by atoms with Crippen LogP contribution in [0.2, 0.25) is 0 Å². The Balaban J connectivity index is 1.99. The van der Waals surface area contributed by atoms with Gasteiger partial charge < -0.3 is 4.74 Å². The summed E-state index contributed by atoms with van der Waals surface area (Å²) in [6.07, 6.45) is 11.3. The lowest BCUT2D eigenvalue weighted by atomic mass is 9.85. The fourth-order valence-corrected chi connectivity index (χ4v) is 2.35. The Morgan fingerprint density at radius 1 is 1.23 bits per heavy atom. The zero-order valence-corrected chi connectivity index (χ0v) is 12.7. The number of carbonyl (C=O) groups excluding carboxylic acids is 2. The SMILES string of the molecule is C/C=C\C=C\C1CCC(=O)/C(=C/OC(=O)c2ccccc2)C1. The molecule has 1 aromatic rings. The quantitative estimate of drug-likeness (QED) is 0.361. The number of carbonyl (C=O) groups is 2. The molecule has 0 saturated heterocycles. The van der Waals surface area contributed by atoms with Crippen LogP contribution in [0.15, 0.2) is 66.5 Å². The molecule has 0 spiro atoms. The maximum Gasteiger partial charge on any atom is 0.342 e. The van der Waals surface area contributed by atoms with Gasteiger partial charge in [-0.3, -0.25) is 4.79 Å². The number of hydrogen-bond donors (Lipinski definition) is 0. The second-order valence-electron chi connectivity index (χ2n) is 5.25. The maximum absolute atomic E-state index is 11.9. The maximum atomic E-state index is 11.9. The lowest BCUT2D eigenvalue weighted by Gasteiger charge is -2.19. The third-order valence-corrected chi connectivity index (χ3v) is 3.59. The van der Waals surface area contributed by atoms with Crippen LogP contribution in [0.25, 0.3) is 0 Å². The van der Waals surface area contributed by atoms with Gasteiger partial charge in [-0.25, -0.2) is 4.79 Å². The summed E-state index contributed by atoms with van der Waals surface area (Å²) in [5, 5.41) is 0. The van der Waals surface area contributed by atoms with E-state index in [4.69, 9.17) is 4.74 Å². The highest BCUT2D eigenvalue weighted by atomic mass is 16.5. The van der Waals surface area contributed by atoms with Crippen molar-refractivity contribution in [1.82, 2.24) is 0 Å². The van der Waals surface area contributed by atoms with E-state index in [0.717, 1.165) is 6.42 Å². The minimum Gasteiger partial charge on any atom is -0.430 e. The molecular weight excluding hydrogens is 276 g/mol. The van der Waals surface area contributed by atoms with Gasteiger partial charge in [0.05, 0.1) is 5.56 Å². The summed E-state index contributed by atoms with van der Waals surface area (Å²) in [4.78, 5) is 23.8. The van der Waals surface area contributed by atoms with E-state index in [2.05, 4.69) is 6.08 Å². The molecule has 1 unspecified atom stereocenters. The average Bonchev–Trinajstić information content (AvgIpc) is 2.56. The van der Waals surface area contributed by atoms with Crippen molar-refractivity contribution in [1.29, 1.82) is 0 Å². The fraction of sp³-hybridized carbons (Fsp3) is 0.263. The largest absolute Gasteiger partial charge is 0.430 e. The molecule has 3 heteroatoms. The number of esters is 1. The number of allylic oxidation sites excluding steroid dienone is 5. The molecular formula is C19H20O3. The Kier molecular flexibility index (Phi) is 5.90. The summed E-state index contributed by atoms with van der Waals surface area (Å²) in [7, 11) is 0. The molecule has 0 heterocycles. The van der Waals surface area contributed by atoms with Crippen molar-refractivity contribution < 1.29 is 14.3 Å². The molecule has 114 valence electrons. The molecule has 0 N–H and O–H groups in total. The molecule has 1 fully saturated rings. The zero-order chi connectivity index (χ0) is 15.8. The number of benzene rings is 1. The van der Waals surface area contributed by atoms with Gasteiger partial charge >= 0.3 is 5.97 Å². The van der Waals surface area contributed by atoms with Gasteiger partial charge in [0.2, 0.25) is 0 Å². The van der Waals surface area contributed by atoms with E-state index < -0.39 is 5.97 Å². The summed E-state index contributed by atoms with van der Waals surface area (Å²) >= 11 is 0. The Hall–Kier alpha value is -2.42. The number of ketones is 1. The Bertz CT molecular complexity index is 609. The molecule has 0 radical (unpaired) electrons.